The van der Waals surface area contributed by atoms with Gasteiger partial charge in [-0.05, 0) is 6.42 Å². The van der Waals surface area contributed by atoms with Gasteiger partial charge in [-0.15, -0.1) is 11.3 Å². The lowest BCUT2D eigenvalue weighted by atomic mass is 10.2. The molecular formula is C10H15N3O3S. The molecule has 0 saturated heterocycles. The van der Waals surface area contributed by atoms with Crippen molar-refractivity contribution >= 4 is 28.3 Å². The molecule has 6 nitrogen and oxygen atoms in total. The van der Waals surface area contributed by atoms with E-state index >= 15 is 0 Å². The molecule has 1 rings (SSSR count). The number of aliphatic carboxylic acids is 1. The Labute approximate surface area is 103 Å². The van der Waals surface area contributed by atoms with Gasteiger partial charge in [0, 0.05) is 11.6 Å². The third-order valence-corrected chi connectivity index (χ3v) is 2.75. The van der Waals surface area contributed by atoms with Crippen LogP contribution in [-0.2, 0) is 9.59 Å². The molecule has 17 heavy (non-hydrogen) atoms. The smallest absolute Gasteiger partial charge is 0.320 e. The van der Waals surface area contributed by atoms with Gasteiger partial charge in [0.15, 0.2) is 5.13 Å². The van der Waals surface area contributed by atoms with E-state index in [2.05, 4.69) is 15.6 Å². The van der Waals surface area contributed by atoms with Gasteiger partial charge in [0.05, 0.1) is 6.54 Å². The number of carboxylic acids is 1. The first-order valence-electron chi connectivity index (χ1n) is 5.29. The molecule has 0 spiro atoms. The second-order valence-electron chi connectivity index (χ2n) is 3.45. The van der Waals surface area contributed by atoms with Gasteiger partial charge in [0.2, 0.25) is 5.91 Å². The van der Waals surface area contributed by atoms with Gasteiger partial charge in [-0.1, -0.05) is 13.3 Å². The normalized spacial score (nSPS) is 12.1. The van der Waals surface area contributed by atoms with Crippen LogP contribution in [0.3, 0.4) is 0 Å². The minimum atomic E-state index is -0.936. The lowest BCUT2D eigenvalue weighted by molar-refractivity contribution is -0.139. The molecule has 0 radical (unpaired) electrons. The van der Waals surface area contributed by atoms with Crippen molar-refractivity contribution in [2.45, 2.75) is 25.8 Å². The van der Waals surface area contributed by atoms with E-state index in [-0.39, 0.29) is 12.5 Å². The molecule has 0 aliphatic rings. The second kappa shape index (κ2) is 6.97. The quantitative estimate of drug-likeness (QED) is 0.675. The first kappa shape index (κ1) is 13.6. The molecular weight excluding hydrogens is 242 g/mol. The Morgan fingerprint density at radius 3 is 2.88 bits per heavy atom. The average Bonchev–Trinajstić information content (AvgIpc) is 2.76. The Morgan fingerprint density at radius 1 is 1.59 bits per heavy atom. The molecule has 1 aromatic heterocycles. The number of carbonyl (C=O) groups excluding carboxylic acids is 1. The monoisotopic (exact) mass is 257 g/mol. The first-order chi connectivity index (χ1) is 8.13. The van der Waals surface area contributed by atoms with Gasteiger partial charge in [-0.2, -0.15) is 0 Å². The van der Waals surface area contributed by atoms with Crippen molar-refractivity contribution in [3.8, 4) is 0 Å². The van der Waals surface area contributed by atoms with Crippen LogP contribution in [0.2, 0.25) is 0 Å². The topological polar surface area (TPSA) is 91.3 Å². The van der Waals surface area contributed by atoms with Crippen LogP contribution < -0.4 is 10.6 Å². The van der Waals surface area contributed by atoms with E-state index in [4.69, 9.17) is 5.11 Å². The minimum absolute atomic E-state index is 0.0312. The highest BCUT2D eigenvalue weighted by Crippen LogP contribution is 2.09. The zero-order chi connectivity index (χ0) is 12.7. The molecule has 1 unspecified atom stereocenters. The van der Waals surface area contributed by atoms with Crippen molar-refractivity contribution < 1.29 is 14.7 Å². The van der Waals surface area contributed by atoms with Crippen molar-refractivity contribution in [3.63, 3.8) is 0 Å². The standard InChI is InChI=1S/C10H15N3O3S/c1-2-3-7(9(15)16)12-6-8(14)13-10-11-4-5-17-10/h4-5,7,12H,2-3,6H2,1H3,(H,15,16)(H,11,13,14). The van der Waals surface area contributed by atoms with Crippen LogP contribution in [0.15, 0.2) is 11.6 Å². The maximum absolute atomic E-state index is 11.4. The van der Waals surface area contributed by atoms with Crippen molar-refractivity contribution in [1.29, 1.82) is 0 Å². The predicted molar refractivity (Wildman–Crippen MR) is 65.1 cm³/mol. The van der Waals surface area contributed by atoms with E-state index in [1.165, 1.54) is 11.3 Å². The van der Waals surface area contributed by atoms with E-state index < -0.39 is 12.0 Å². The maximum atomic E-state index is 11.4. The van der Waals surface area contributed by atoms with Gasteiger partial charge in [-0.3, -0.25) is 14.9 Å². The zero-order valence-corrected chi connectivity index (χ0v) is 10.3. The summed E-state index contributed by atoms with van der Waals surface area (Å²) in [5.74, 6) is -1.23. The number of anilines is 1. The summed E-state index contributed by atoms with van der Waals surface area (Å²) in [6.45, 7) is 1.86. The number of nitrogens with zero attached hydrogens (tertiary/aromatic N) is 1. The van der Waals surface area contributed by atoms with E-state index in [1.54, 1.807) is 11.6 Å². The summed E-state index contributed by atoms with van der Waals surface area (Å²) in [4.78, 5) is 26.2. The molecule has 0 fully saturated rings. The molecule has 0 bridgehead atoms. The SMILES string of the molecule is CCCC(NCC(=O)Nc1nccs1)C(=O)O. The Kier molecular flexibility index (Phi) is 5.58. The Hall–Kier alpha value is -1.47. The van der Waals surface area contributed by atoms with Crippen LogP contribution >= 0.6 is 11.3 Å². The van der Waals surface area contributed by atoms with E-state index in [0.29, 0.717) is 11.6 Å². The highest BCUT2D eigenvalue weighted by molar-refractivity contribution is 7.13. The van der Waals surface area contributed by atoms with E-state index in [0.717, 1.165) is 6.42 Å². The van der Waals surface area contributed by atoms with Crippen LogP contribution in [0.5, 0.6) is 0 Å². The summed E-state index contributed by atoms with van der Waals surface area (Å²) >= 11 is 1.31. The fourth-order valence-corrected chi connectivity index (χ4v) is 1.81. The largest absolute Gasteiger partial charge is 0.480 e. The van der Waals surface area contributed by atoms with Crippen LogP contribution in [-0.4, -0.2) is 34.6 Å². The van der Waals surface area contributed by atoms with Crippen LogP contribution in [0, 0.1) is 0 Å². The zero-order valence-electron chi connectivity index (χ0n) is 9.47. The first-order valence-corrected chi connectivity index (χ1v) is 6.17. The van der Waals surface area contributed by atoms with Crippen molar-refractivity contribution in [3.05, 3.63) is 11.6 Å². The number of hydrogen-bond donors (Lipinski definition) is 3. The van der Waals surface area contributed by atoms with Gasteiger partial charge in [0.1, 0.15) is 6.04 Å². The number of thiazole rings is 1. The average molecular weight is 257 g/mol. The fraction of sp³-hybridized carbons (Fsp3) is 0.500. The third kappa shape index (κ3) is 4.92. The Bertz CT molecular complexity index is 367. The number of carboxylic acid groups (broad SMARTS) is 1. The molecule has 94 valence electrons. The van der Waals surface area contributed by atoms with Crippen molar-refractivity contribution in [1.82, 2.24) is 10.3 Å². The summed E-state index contributed by atoms with van der Waals surface area (Å²) in [5.41, 5.74) is 0. The summed E-state index contributed by atoms with van der Waals surface area (Å²) in [6.07, 6.45) is 2.84. The summed E-state index contributed by atoms with van der Waals surface area (Å²) in [6, 6.07) is -0.679. The van der Waals surface area contributed by atoms with Crippen molar-refractivity contribution in [2.24, 2.45) is 0 Å². The fourth-order valence-electron chi connectivity index (χ4n) is 1.27. The van der Waals surface area contributed by atoms with Gasteiger partial charge >= 0.3 is 5.97 Å². The third-order valence-electron chi connectivity index (χ3n) is 2.06. The lowest BCUT2D eigenvalue weighted by Gasteiger charge is -2.12. The van der Waals surface area contributed by atoms with Crippen molar-refractivity contribution in [2.75, 3.05) is 11.9 Å². The van der Waals surface area contributed by atoms with Gasteiger partial charge in [0.25, 0.3) is 0 Å². The predicted octanol–water partition coefficient (Wildman–Crippen LogP) is 0.924. The Morgan fingerprint density at radius 2 is 2.35 bits per heavy atom. The highest BCUT2D eigenvalue weighted by atomic mass is 32.1. The van der Waals surface area contributed by atoms with Gasteiger partial charge in [-0.25, -0.2) is 4.98 Å². The van der Waals surface area contributed by atoms with Crippen LogP contribution in [0.1, 0.15) is 19.8 Å². The molecule has 1 aromatic rings. The second-order valence-corrected chi connectivity index (χ2v) is 4.34. The number of rotatable bonds is 7. The summed E-state index contributed by atoms with van der Waals surface area (Å²) < 4.78 is 0. The highest BCUT2D eigenvalue weighted by Gasteiger charge is 2.16. The van der Waals surface area contributed by atoms with E-state index in [1.807, 2.05) is 6.92 Å². The Balaban J connectivity index is 2.33. The molecule has 0 saturated carbocycles. The van der Waals surface area contributed by atoms with Crippen LogP contribution in [0.25, 0.3) is 0 Å². The molecule has 1 amide bonds. The van der Waals surface area contributed by atoms with Gasteiger partial charge < -0.3 is 10.4 Å². The molecule has 0 aliphatic heterocycles. The summed E-state index contributed by atoms with van der Waals surface area (Å²) in [7, 11) is 0. The lowest BCUT2D eigenvalue weighted by Crippen LogP contribution is -2.41. The number of amides is 1. The number of nitrogens with one attached hydrogen (secondary N) is 2. The molecule has 7 heteroatoms. The molecule has 0 aliphatic carbocycles. The summed E-state index contributed by atoms with van der Waals surface area (Å²) in [5, 5.41) is 16.4. The molecule has 1 heterocycles. The molecule has 3 N–H and O–H groups in total. The number of aromatic nitrogens is 1. The molecule has 0 aromatic carbocycles. The van der Waals surface area contributed by atoms with Crippen LogP contribution in [0.4, 0.5) is 5.13 Å². The maximum Gasteiger partial charge on any atom is 0.320 e. The van der Waals surface area contributed by atoms with E-state index in [9.17, 15) is 9.59 Å². The number of carbonyl (C=O) groups is 2. The number of hydrogen-bond acceptors (Lipinski definition) is 5. The molecule has 1 atom stereocenters. The minimum Gasteiger partial charge on any atom is -0.480 e.